The lowest BCUT2D eigenvalue weighted by Gasteiger charge is -2.22. The highest BCUT2D eigenvalue weighted by Crippen LogP contribution is 2.24. The van der Waals surface area contributed by atoms with Gasteiger partial charge in [-0.1, -0.05) is 0 Å². The predicted octanol–water partition coefficient (Wildman–Crippen LogP) is 1.45. The van der Waals surface area contributed by atoms with Crippen LogP contribution in [0.15, 0.2) is 18.2 Å². The molecule has 0 aliphatic rings. The number of non-ortho nitro benzene ring substituents is 1. The Morgan fingerprint density at radius 1 is 1.57 bits per heavy atom. The van der Waals surface area contributed by atoms with Gasteiger partial charge in [-0.25, -0.2) is 0 Å². The van der Waals surface area contributed by atoms with Crippen molar-refractivity contribution < 1.29 is 19.6 Å². The molecule has 0 radical (unpaired) electrons. The molecule has 1 aromatic carbocycles. The SMILES string of the molecule is COc1cc([N+](=O)[O-])ccc1C(=O)NCC(C)(O)CSC. The van der Waals surface area contributed by atoms with E-state index < -0.39 is 16.4 Å². The third-order valence-corrected chi connectivity index (χ3v) is 3.64. The van der Waals surface area contributed by atoms with Gasteiger partial charge in [0, 0.05) is 18.4 Å². The van der Waals surface area contributed by atoms with Gasteiger partial charge in [-0.15, -0.1) is 0 Å². The number of nitrogens with one attached hydrogen (secondary N) is 1. The predicted molar refractivity (Wildman–Crippen MR) is 81.0 cm³/mol. The summed E-state index contributed by atoms with van der Waals surface area (Å²) >= 11 is 1.47. The topological polar surface area (TPSA) is 102 Å². The van der Waals surface area contributed by atoms with Gasteiger partial charge >= 0.3 is 0 Å². The Labute approximate surface area is 126 Å². The van der Waals surface area contributed by atoms with E-state index in [1.807, 2.05) is 6.26 Å². The standard InChI is InChI=1S/C13H18N2O5S/c1-13(17,8-21-3)7-14-12(16)10-5-4-9(15(18)19)6-11(10)20-2/h4-6,17H,7-8H2,1-3H3,(H,14,16). The fourth-order valence-corrected chi connectivity index (χ4v) is 2.43. The van der Waals surface area contributed by atoms with E-state index >= 15 is 0 Å². The van der Waals surface area contributed by atoms with Crippen molar-refractivity contribution in [2.45, 2.75) is 12.5 Å². The largest absolute Gasteiger partial charge is 0.496 e. The van der Waals surface area contributed by atoms with Crippen LogP contribution in [-0.2, 0) is 0 Å². The third kappa shape index (κ3) is 4.91. The molecular formula is C13H18N2O5S. The first kappa shape index (κ1) is 17.3. The number of amides is 1. The summed E-state index contributed by atoms with van der Waals surface area (Å²) in [6.07, 6.45) is 1.86. The first-order valence-electron chi connectivity index (χ1n) is 6.12. The molecule has 2 N–H and O–H groups in total. The van der Waals surface area contributed by atoms with Gasteiger partial charge in [-0.05, 0) is 19.2 Å². The number of nitro benzene ring substituents is 1. The molecule has 8 heteroatoms. The highest BCUT2D eigenvalue weighted by molar-refractivity contribution is 7.98. The number of rotatable bonds is 7. The second kappa shape index (κ2) is 7.28. The second-order valence-corrected chi connectivity index (χ2v) is 5.62. The fraction of sp³-hybridized carbons (Fsp3) is 0.462. The lowest BCUT2D eigenvalue weighted by atomic mass is 10.1. The van der Waals surface area contributed by atoms with Crippen molar-refractivity contribution in [1.82, 2.24) is 5.32 Å². The van der Waals surface area contributed by atoms with Gasteiger partial charge in [-0.2, -0.15) is 11.8 Å². The summed E-state index contributed by atoms with van der Waals surface area (Å²) in [4.78, 5) is 22.2. The van der Waals surface area contributed by atoms with Crippen LogP contribution < -0.4 is 10.1 Å². The number of carbonyl (C=O) groups is 1. The van der Waals surface area contributed by atoms with Gasteiger partial charge in [0.25, 0.3) is 11.6 Å². The van der Waals surface area contributed by atoms with Crippen molar-refractivity contribution >= 4 is 23.4 Å². The van der Waals surface area contributed by atoms with Crippen molar-refractivity contribution in [3.63, 3.8) is 0 Å². The second-order valence-electron chi connectivity index (χ2n) is 4.75. The maximum Gasteiger partial charge on any atom is 0.273 e. The van der Waals surface area contributed by atoms with E-state index in [9.17, 15) is 20.0 Å². The van der Waals surface area contributed by atoms with E-state index in [0.717, 1.165) is 0 Å². The minimum absolute atomic E-state index is 0.0762. The van der Waals surface area contributed by atoms with Gasteiger partial charge in [0.2, 0.25) is 0 Å². The minimum Gasteiger partial charge on any atom is -0.496 e. The molecular weight excluding hydrogens is 296 g/mol. The Balaban J connectivity index is 2.85. The summed E-state index contributed by atoms with van der Waals surface area (Å²) in [5, 5.41) is 23.3. The molecule has 0 aliphatic heterocycles. The average Bonchev–Trinajstić information content (AvgIpc) is 2.44. The maximum atomic E-state index is 12.1. The van der Waals surface area contributed by atoms with Crippen molar-refractivity contribution in [3.05, 3.63) is 33.9 Å². The number of nitro groups is 1. The molecule has 0 bridgehead atoms. The zero-order chi connectivity index (χ0) is 16.0. The Bertz CT molecular complexity index is 533. The van der Waals surface area contributed by atoms with E-state index in [2.05, 4.69) is 5.32 Å². The molecule has 21 heavy (non-hydrogen) atoms. The normalized spacial score (nSPS) is 13.3. The number of nitrogens with zero attached hydrogens (tertiary/aromatic N) is 1. The highest BCUT2D eigenvalue weighted by atomic mass is 32.2. The van der Waals surface area contributed by atoms with Crippen LogP contribution in [0.5, 0.6) is 5.75 Å². The van der Waals surface area contributed by atoms with E-state index in [-0.39, 0.29) is 23.5 Å². The summed E-state index contributed by atoms with van der Waals surface area (Å²) in [5.41, 5.74) is -0.996. The fourth-order valence-electron chi connectivity index (χ4n) is 1.71. The van der Waals surface area contributed by atoms with E-state index in [4.69, 9.17) is 4.74 Å². The maximum absolute atomic E-state index is 12.1. The number of methoxy groups -OCH3 is 1. The van der Waals surface area contributed by atoms with Crippen LogP contribution >= 0.6 is 11.8 Å². The third-order valence-electron chi connectivity index (χ3n) is 2.73. The number of thioether (sulfide) groups is 1. The van der Waals surface area contributed by atoms with Gasteiger partial charge in [-0.3, -0.25) is 14.9 Å². The van der Waals surface area contributed by atoms with Crippen molar-refractivity contribution in [1.29, 1.82) is 0 Å². The monoisotopic (exact) mass is 314 g/mol. The summed E-state index contributed by atoms with van der Waals surface area (Å²) in [6, 6.07) is 3.75. The van der Waals surface area contributed by atoms with Crippen LogP contribution in [0.4, 0.5) is 5.69 Å². The Morgan fingerprint density at radius 3 is 2.76 bits per heavy atom. The van der Waals surface area contributed by atoms with Gasteiger partial charge in [0.05, 0.1) is 29.3 Å². The van der Waals surface area contributed by atoms with Crippen LogP contribution in [0.25, 0.3) is 0 Å². The molecule has 1 unspecified atom stereocenters. The van der Waals surface area contributed by atoms with Gasteiger partial charge in [0.15, 0.2) is 0 Å². The van der Waals surface area contributed by atoms with Crippen LogP contribution in [0, 0.1) is 10.1 Å². The molecule has 0 saturated carbocycles. The lowest BCUT2D eigenvalue weighted by Crippen LogP contribution is -2.42. The quantitative estimate of drug-likeness (QED) is 0.583. The molecule has 7 nitrogen and oxygen atoms in total. The molecule has 0 aromatic heterocycles. The Kier molecular flexibility index (Phi) is 5.98. The molecule has 1 rings (SSSR count). The van der Waals surface area contributed by atoms with Crippen LogP contribution in [0.2, 0.25) is 0 Å². The molecule has 0 saturated heterocycles. The van der Waals surface area contributed by atoms with Crippen molar-refractivity contribution in [2.24, 2.45) is 0 Å². The number of ether oxygens (including phenoxy) is 1. The summed E-state index contributed by atoms with van der Waals surface area (Å²) in [7, 11) is 1.33. The van der Waals surface area contributed by atoms with Crippen LogP contribution in [0.3, 0.4) is 0 Å². The summed E-state index contributed by atoms with van der Waals surface area (Å²) < 4.78 is 5.00. The molecule has 0 aliphatic carbocycles. The molecule has 1 aromatic rings. The Morgan fingerprint density at radius 2 is 2.24 bits per heavy atom. The lowest BCUT2D eigenvalue weighted by molar-refractivity contribution is -0.384. The van der Waals surface area contributed by atoms with Gasteiger partial charge < -0.3 is 15.2 Å². The molecule has 1 amide bonds. The smallest absolute Gasteiger partial charge is 0.273 e. The number of hydrogen-bond donors (Lipinski definition) is 2. The first-order chi connectivity index (χ1) is 9.80. The number of hydrogen-bond acceptors (Lipinski definition) is 6. The molecule has 116 valence electrons. The molecule has 0 fully saturated rings. The van der Waals surface area contributed by atoms with Crippen molar-refractivity contribution in [3.8, 4) is 5.75 Å². The van der Waals surface area contributed by atoms with Crippen LogP contribution in [-0.4, -0.2) is 47.2 Å². The van der Waals surface area contributed by atoms with E-state index in [1.165, 1.54) is 37.1 Å². The molecule has 1 atom stereocenters. The van der Waals surface area contributed by atoms with E-state index in [1.54, 1.807) is 6.92 Å². The minimum atomic E-state index is -1.02. The average molecular weight is 314 g/mol. The number of carbonyl (C=O) groups excluding carboxylic acids is 1. The van der Waals surface area contributed by atoms with Crippen LogP contribution in [0.1, 0.15) is 17.3 Å². The summed E-state index contributed by atoms with van der Waals surface area (Å²) in [6.45, 7) is 1.70. The summed E-state index contributed by atoms with van der Waals surface area (Å²) in [5.74, 6) is 0.138. The van der Waals surface area contributed by atoms with Crippen molar-refractivity contribution in [2.75, 3.05) is 25.7 Å². The van der Waals surface area contributed by atoms with Gasteiger partial charge in [0.1, 0.15) is 5.75 Å². The molecule has 0 spiro atoms. The first-order valence-corrected chi connectivity index (χ1v) is 7.52. The Hall–Kier alpha value is -1.80. The number of aliphatic hydroxyl groups is 1. The number of benzene rings is 1. The zero-order valence-corrected chi connectivity index (χ0v) is 12.9. The highest BCUT2D eigenvalue weighted by Gasteiger charge is 2.22. The van der Waals surface area contributed by atoms with E-state index in [0.29, 0.717) is 5.75 Å². The molecule has 0 heterocycles. The zero-order valence-electron chi connectivity index (χ0n) is 12.1.